The van der Waals surface area contributed by atoms with Crippen LogP contribution < -0.4 is 0 Å². The number of hydrogen-bond acceptors (Lipinski definition) is 4. The van der Waals surface area contributed by atoms with E-state index in [9.17, 15) is 23.3 Å². The predicted molar refractivity (Wildman–Crippen MR) is 53.3 cm³/mol. The molecule has 5 nitrogen and oxygen atoms in total. The highest BCUT2D eigenvalue weighted by atomic mass is 35.5. The maximum Gasteiger partial charge on any atom is 0.426 e. The molecule has 1 rings (SSSR count). The maximum atomic E-state index is 11.9. The first-order chi connectivity index (χ1) is 7.80. The minimum Gasteiger partial charge on any atom is -0.258 e. The van der Waals surface area contributed by atoms with Gasteiger partial charge in [-0.3, -0.25) is 10.1 Å². The lowest BCUT2D eigenvalue weighted by molar-refractivity contribution is -0.384. The average molecular weight is 268 g/mol. The molecule has 0 bridgehead atoms. The number of hydrogen-bond donors (Lipinski definition) is 0. The highest BCUT2D eigenvalue weighted by Crippen LogP contribution is 2.27. The molecule has 1 atom stereocenters. The Morgan fingerprint density at radius 2 is 1.82 bits per heavy atom. The van der Waals surface area contributed by atoms with E-state index in [0.29, 0.717) is 0 Å². The Hall–Kier alpha value is -1.70. The van der Waals surface area contributed by atoms with E-state index < -0.39 is 16.6 Å². The molecule has 1 aromatic carbocycles. The molecular formula is C8H5ClF3N3O2. The maximum absolute atomic E-state index is 11.9. The van der Waals surface area contributed by atoms with Crippen molar-refractivity contribution < 1.29 is 18.1 Å². The number of rotatable bonds is 3. The van der Waals surface area contributed by atoms with Gasteiger partial charge in [-0.05, 0) is 12.1 Å². The van der Waals surface area contributed by atoms with Crippen molar-refractivity contribution in [1.29, 1.82) is 0 Å². The van der Waals surface area contributed by atoms with Gasteiger partial charge < -0.3 is 0 Å². The van der Waals surface area contributed by atoms with Crippen LogP contribution in [0.5, 0.6) is 0 Å². The van der Waals surface area contributed by atoms with Crippen LogP contribution in [0, 0.1) is 10.1 Å². The van der Waals surface area contributed by atoms with Crippen LogP contribution in [0.2, 0.25) is 0 Å². The van der Waals surface area contributed by atoms with Gasteiger partial charge in [0.2, 0.25) is 5.50 Å². The third-order valence-electron chi connectivity index (χ3n) is 1.61. The summed E-state index contributed by atoms with van der Waals surface area (Å²) < 4.78 is 35.8. The molecular weight excluding hydrogens is 263 g/mol. The van der Waals surface area contributed by atoms with Crippen molar-refractivity contribution >= 4 is 23.0 Å². The van der Waals surface area contributed by atoms with Crippen LogP contribution in [-0.2, 0) is 0 Å². The average Bonchev–Trinajstić information content (AvgIpc) is 2.25. The van der Waals surface area contributed by atoms with Crippen molar-refractivity contribution in [3.05, 3.63) is 34.4 Å². The molecule has 0 fully saturated rings. The molecule has 0 aliphatic heterocycles. The summed E-state index contributed by atoms with van der Waals surface area (Å²) in [4.78, 5) is 9.65. The van der Waals surface area contributed by atoms with Gasteiger partial charge in [0.05, 0.1) is 10.6 Å². The Kier molecular flexibility index (Phi) is 4.00. The molecule has 0 aliphatic carbocycles. The van der Waals surface area contributed by atoms with Crippen LogP contribution in [-0.4, -0.2) is 16.6 Å². The van der Waals surface area contributed by atoms with Gasteiger partial charge >= 0.3 is 6.18 Å². The molecule has 0 amide bonds. The molecule has 1 unspecified atom stereocenters. The third kappa shape index (κ3) is 3.99. The second-order valence-electron chi connectivity index (χ2n) is 2.87. The van der Waals surface area contributed by atoms with Crippen LogP contribution in [0.4, 0.5) is 24.5 Å². The highest BCUT2D eigenvalue weighted by Gasteiger charge is 2.38. The van der Waals surface area contributed by atoms with Gasteiger partial charge in [-0.2, -0.15) is 23.4 Å². The lowest BCUT2D eigenvalue weighted by Crippen LogP contribution is -2.20. The van der Waals surface area contributed by atoms with Gasteiger partial charge in [0.15, 0.2) is 0 Å². The molecule has 0 saturated carbocycles. The summed E-state index contributed by atoms with van der Waals surface area (Å²) in [5.74, 6) is 0. The summed E-state index contributed by atoms with van der Waals surface area (Å²) in [6.45, 7) is 0. The SMILES string of the molecule is O=[N+]([O-])c1ccc(N=NC(Cl)C(F)(F)F)cc1. The number of benzene rings is 1. The standard InChI is InChI=1S/C8H5ClF3N3O2/c9-7(8(10,11)12)14-13-5-1-3-6(4-2-5)15(16)17/h1-4,7H. The lowest BCUT2D eigenvalue weighted by atomic mass is 10.3. The lowest BCUT2D eigenvalue weighted by Gasteiger charge is -2.06. The Labute approximate surface area is 98.1 Å². The van der Waals surface area contributed by atoms with Crippen LogP contribution in [0.1, 0.15) is 0 Å². The zero-order valence-corrected chi connectivity index (χ0v) is 8.81. The first-order valence-corrected chi connectivity index (χ1v) is 4.60. The number of nitrogens with zero attached hydrogens (tertiary/aromatic N) is 3. The van der Waals surface area contributed by atoms with Crippen molar-refractivity contribution in [2.45, 2.75) is 11.7 Å². The second-order valence-corrected chi connectivity index (χ2v) is 3.28. The van der Waals surface area contributed by atoms with Crippen molar-refractivity contribution in [2.24, 2.45) is 10.2 Å². The van der Waals surface area contributed by atoms with Crippen molar-refractivity contribution in [1.82, 2.24) is 0 Å². The van der Waals surface area contributed by atoms with E-state index in [1.54, 1.807) is 0 Å². The molecule has 1 aromatic rings. The van der Waals surface area contributed by atoms with E-state index in [1.807, 2.05) is 0 Å². The van der Waals surface area contributed by atoms with Crippen molar-refractivity contribution in [3.63, 3.8) is 0 Å². The van der Waals surface area contributed by atoms with E-state index in [2.05, 4.69) is 10.2 Å². The largest absolute Gasteiger partial charge is 0.426 e. The topological polar surface area (TPSA) is 67.9 Å². The number of halogens is 4. The van der Waals surface area contributed by atoms with E-state index in [4.69, 9.17) is 11.6 Å². The molecule has 0 aliphatic rings. The zero-order valence-electron chi connectivity index (χ0n) is 8.06. The van der Waals surface area contributed by atoms with E-state index in [-0.39, 0.29) is 11.4 Å². The molecule has 0 N–H and O–H groups in total. The summed E-state index contributed by atoms with van der Waals surface area (Å²) in [7, 11) is 0. The molecule has 0 radical (unpaired) electrons. The van der Waals surface area contributed by atoms with E-state index in [1.165, 1.54) is 12.1 Å². The molecule has 9 heteroatoms. The smallest absolute Gasteiger partial charge is 0.258 e. The van der Waals surface area contributed by atoms with Gasteiger partial charge in [-0.25, -0.2) is 0 Å². The second kappa shape index (κ2) is 5.09. The van der Waals surface area contributed by atoms with Gasteiger partial charge in [0.25, 0.3) is 5.69 Å². The normalized spacial score (nSPS) is 13.9. The fourth-order valence-electron chi connectivity index (χ4n) is 0.824. The minimum atomic E-state index is -4.67. The number of nitro groups is 1. The molecule has 17 heavy (non-hydrogen) atoms. The number of nitro benzene ring substituents is 1. The molecule has 0 saturated heterocycles. The molecule has 92 valence electrons. The van der Waals surface area contributed by atoms with E-state index >= 15 is 0 Å². The van der Waals surface area contributed by atoms with Gasteiger partial charge in [0, 0.05) is 12.1 Å². The van der Waals surface area contributed by atoms with Crippen LogP contribution >= 0.6 is 11.6 Å². The summed E-state index contributed by atoms with van der Waals surface area (Å²) >= 11 is 4.89. The zero-order chi connectivity index (χ0) is 13.1. The molecule has 0 heterocycles. The minimum absolute atomic E-state index is 0.0468. The number of alkyl halides is 4. The van der Waals surface area contributed by atoms with Crippen molar-refractivity contribution in [2.75, 3.05) is 0 Å². The fourth-order valence-corrected chi connectivity index (χ4v) is 0.867. The highest BCUT2D eigenvalue weighted by molar-refractivity contribution is 6.20. The Bertz CT molecular complexity index is 433. The molecule has 0 aromatic heterocycles. The van der Waals surface area contributed by atoms with Gasteiger partial charge in [0.1, 0.15) is 0 Å². The van der Waals surface area contributed by atoms with Crippen LogP contribution in [0.15, 0.2) is 34.5 Å². The molecule has 0 spiro atoms. The van der Waals surface area contributed by atoms with Crippen molar-refractivity contribution in [3.8, 4) is 0 Å². The van der Waals surface area contributed by atoms with Gasteiger partial charge in [-0.15, -0.1) is 0 Å². The summed E-state index contributed by atoms with van der Waals surface area (Å²) in [6.07, 6.45) is -4.67. The number of azo groups is 1. The Morgan fingerprint density at radius 1 is 1.29 bits per heavy atom. The summed E-state index contributed by atoms with van der Waals surface area (Å²) in [5, 5.41) is 16.4. The predicted octanol–water partition coefficient (Wildman–Crippen LogP) is 3.81. The number of non-ortho nitro benzene ring substituents is 1. The van der Waals surface area contributed by atoms with E-state index in [0.717, 1.165) is 12.1 Å². The monoisotopic (exact) mass is 267 g/mol. The van der Waals surface area contributed by atoms with Gasteiger partial charge in [-0.1, -0.05) is 11.6 Å². The summed E-state index contributed by atoms with van der Waals surface area (Å²) in [6, 6.07) is 4.54. The van der Waals surface area contributed by atoms with Crippen LogP contribution in [0.25, 0.3) is 0 Å². The Morgan fingerprint density at radius 3 is 2.24 bits per heavy atom. The Balaban J connectivity index is 2.76. The summed E-state index contributed by atoms with van der Waals surface area (Å²) in [5.41, 5.74) is -2.58. The first kappa shape index (κ1) is 13.4. The van der Waals surface area contributed by atoms with Crippen LogP contribution in [0.3, 0.4) is 0 Å². The third-order valence-corrected chi connectivity index (χ3v) is 1.94. The fraction of sp³-hybridized carbons (Fsp3) is 0.250. The quantitative estimate of drug-likeness (QED) is 0.275. The first-order valence-electron chi connectivity index (χ1n) is 4.17.